The van der Waals surface area contributed by atoms with Crippen molar-refractivity contribution in [3.05, 3.63) is 48.6 Å². The molecule has 0 fully saturated rings. The summed E-state index contributed by atoms with van der Waals surface area (Å²) in [6.45, 7) is 6.47. The molecule has 0 heterocycles. The Kier molecular flexibility index (Phi) is 51.0. The van der Waals surface area contributed by atoms with E-state index in [1.54, 1.807) is 0 Å². The minimum Gasteiger partial charge on any atom is -0.462 e. The van der Waals surface area contributed by atoms with Crippen molar-refractivity contribution in [1.82, 2.24) is 5.32 Å². The van der Waals surface area contributed by atoms with Gasteiger partial charge in [0.2, 0.25) is 5.91 Å². The monoisotopic (exact) mass is 912 g/mol. The lowest BCUT2D eigenvalue weighted by Crippen LogP contribution is -2.46. The summed E-state index contributed by atoms with van der Waals surface area (Å²) >= 11 is 0. The van der Waals surface area contributed by atoms with Crippen LogP contribution in [-0.4, -0.2) is 46.9 Å². The van der Waals surface area contributed by atoms with Crippen LogP contribution >= 0.6 is 0 Å². The molecule has 0 saturated heterocycles. The van der Waals surface area contributed by atoms with E-state index in [9.17, 15) is 19.8 Å². The van der Waals surface area contributed by atoms with Crippen LogP contribution < -0.4 is 5.32 Å². The Morgan fingerprint density at radius 3 is 1.20 bits per heavy atom. The third-order valence-corrected chi connectivity index (χ3v) is 12.9. The lowest BCUT2D eigenvalue weighted by molar-refractivity contribution is -0.151. The molecule has 0 bridgehead atoms. The van der Waals surface area contributed by atoms with Crippen molar-refractivity contribution in [2.45, 2.75) is 309 Å². The highest BCUT2D eigenvalue weighted by atomic mass is 16.5. The van der Waals surface area contributed by atoms with Crippen molar-refractivity contribution in [3.8, 4) is 0 Å². The van der Waals surface area contributed by atoms with Gasteiger partial charge < -0.3 is 20.3 Å². The second kappa shape index (κ2) is 52.8. The van der Waals surface area contributed by atoms with Crippen LogP contribution in [0, 0.1) is 0 Å². The number of unbranched alkanes of at least 4 members (excludes halogenated alkanes) is 31. The number of esters is 1. The lowest BCUT2D eigenvalue weighted by Gasteiger charge is -2.24. The molecule has 3 atom stereocenters. The Hall–Kier alpha value is -2.18. The normalized spacial score (nSPS) is 13.5. The minimum atomic E-state index is -0.792. The van der Waals surface area contributed by atoms with Gasteiger partial charge in [-0.3, -0.25) is 9.59 Å². The molecule has 0 spiro atoms. The van der Waals surface area contributed by atoms with Gasteiger partial charge in [-0.25, -0.2) is 0 Å². The summed E-state index contributed by atoms with van der Waals surface area (Å²) in [5, 5.41) is 23.8. The van der Waals surface area contributed by atoms with Gasteiger partial charge in [0.1, 0.15) is 6.10 Å². The molecule has 3 unspecified atom stereocenters. The van der Waals surface area contributed by atoms with Crippen LogP contribution in [0.15, 0.2) is 48.6 Å². The molecule has 3 N–H and O–H groups in total. The van der Waals surface area contributed by atoms with E-state index in [-0.39, 0.29) is 24.9 Å². The molecule has 6 heteroatoms. The van der Waals surface area contributed by atoms with E-state index >= 15 is 0 Å². The summed E-state index contributed by atoms with van der Waals surface area (Å²) in [7, 11) is 0. The van der Waals surface area contributed by atoms with Gasteiger partial charge in [-0.2, -0.15) is 0 Å². The molecular weight excluding hydrogens is 803 g/mol. The average molecular weight is 913 g/mol. The van der Waals surface area contributed by atoms with Crippen molar-refractivity contribution in [2.24, 2.45) is 0 Å². The molecule has 0 rings (SSSR count). The topological polar surface area (TPSA) is 95.9 Å². The van der Waals surface area contributed by atoms with Gasteiger partial charge in [-0.05, 0) is 70.6 Å². The number of rotatable bonds is 51. The molecule has 0 saturated carbocycles. The maximum absolute atomic E-state index is 13.2. The Labute approximate surface area is 404 Å². The van der Waals surface area contributed by atoms with E-state index in [1.165, 1.54) is 167 Å². The number of allylic oxidation sites excluding steroid dienone is 8. The first kappa shape index (κ1) is 62.8. The Morgan fingerprint density at radius 1 is 0.446 bits per heavy atom. The quantitative estimate of drug-likeness (QED) is 0.0321. The van der Waals surface area contributed by atoms with Crippen LogP contribution in [0.4, 0.5) is 0 Å². The highest BCUT2D eigenvalue weighted by Gasteiger charge is 2.24. The summed E-state index contributed by atoms with van der Waals surface area (Å²) in [5.74, 6) is -0.497. The number of ether oxygens (including phenoxy) is 1. The maximum Gasteiger partial charge on any atom is 0.306 e. The fraction of sp³-hybridized carbons (Fsp3) is 0.831. The minimum absolute atomic E-state index is 0.0677. The molecule has 380 valence electrons. The van der Waals surface area contributed by atoms with Gasteiger partial charge in [-0.1, -0.05) is 256 Å². The molecule has 0 aliphatic carbocycles. The van der Waals surface area contributed by atoms with Gasteiger partial charge in [-0.15, -0.1) is 0 Å². The summed E-state index contributed by atoms with van der Waals surface area (Å²) in [5.41, 5.74) is 0. The largest absolute Gasteiger partial charge is 0.462 e. The SMILES string of the molecule is CCCCC/C=C\C/C=C\C/C=C\C/C=C\CCCCCC(=O)OC(CCCCCCCCCCCCCCCCC)CC(=O)NC(CO)C(O)CCCCCCCCCCCCCC. The number of hydrogen-bond donors (Lipinski definition) is 3. The third kappa shape index (κ3) is 48.1. The zero-order chi connectivity index (χ0) is 47.4. The second-order valence-electron chi connectivity index (χ2n) is 19.3. The third-order valence-electron chi connectivity index (χ3n) is 12.9. The number of amides is 1. The van der Waals surface area contributed by atoms with E-state index in [0.717, 1.165) is 77.0 Å². The molecule has 0 aromatic heterocycles. The zero-order valence-corrected chi connectivity index (χ0v) is 43.4. The molecule has 0 aromatic rings. The van der Waals surface area contributed by atoms with Gasteiger partial charge >= 0.3 is 5.97 Å². The summed E-state index contributed by atoms with van der Waals surface area (Å²) in [6, 6.07) is -0.706. The van der Waals surface area contributed by atoms with Crippen LogP contribution in [0.25, 0.3) is 0 Å². The fourth-order valence-electron chi connectivity index (χ4n) is 8.59. The first-order valence-corrected chi connectivity index (χ1v) is 28.4. The van der Waals surface area contributed by atoms with Crippen LogP contribution in [0.1, 0.15) is 290 Å². The Bertz CT molecular complexity index is 1110. The first-order valence-electron chi connectivity index (χ1n) is 28.4. The molecule has 0 radical (unpaired) electrons. The number of aliphatic hydroxyl groups is 2. The average Bonchev–Trinajstić information content (AvgIpc) is 3.30. The van der Waals surface area contributed by atoms with Gasteiger partial charge in [0.15, 0.2) is 0 Å². The predicted octanol–water partition coefficient (Wildman–Crippen LogP) is 17.4. The highest BCUT2D eigenvalue weighted by Crippen LogP contribution is 2.18. The smallest absolute Gasteiger partial charge is 0.306 e. The van der Waals surface area contributed by atoms with Crippen molar-refractivity contribution < 1.29 is 24.5 Å². The van der Waals surface area contributed by atoms with Crippen molar-refractivity contribution in [1.29, 1.82) is 0 Å². The van der Waals surface area contributed by atoms with E-state index in [2.05, 4.69) is 74.7 Å². The molecule has 6 nitrogen and oxygen atoms in total. The van der Waals surface area contributed by atoms with E-state index in [1.807, 2.05) is 0 Å². The number of carbonyl (C=O) groups excluding carboxylic acids is 2. The molecule has 65 heavy (non-hydrogen) atoms. The molecule has 0 aliphatic heterocycles. The van der Waals surface area contributed by atoms with Crippen molar-refractivity contribution in [2.75, 3.05) is 6.61 Å². The molecule has 1 amide bonds. The predicted molar refractivity (Wildman–Crippen MR) is 282 cm³/mol. The van der Waals surface area contributed by atoms with Gasteiger partial charge in [0, 0.05) is 6.42 Å². The van der Waals surface area contributed by atoms with Crippen molar-refractivity contribution >= 4 is 11.9 Å². The first-order chi connectivity index (χ1) is 32.0. The number of aliphatic hydroxyl groups excluding tert-OH is 2. The van der Waals surface area contributed by atoms with Gasteiger partial charge in [0.05, 0.1) is 25.2 Å². The Balaban J connectivity index is 4.60. The molecule has 0 aliphatic rings. The van der Waals surface area contributed by atoms with Crippen LogP contribution in [0.5, 0.6) is 0 Å². The van der Waals surface area contributed by atoms with E-state index in [0.29, 0.717) is 19.3 Å². The zero-order valence-electron chi connectivity index (χ0n) is 43.4. The number of hydrogen-bond acceptors (Lipinski definition) is 5. The maximum atomic E-state index is 13.2. The van der Waals surface area contributed by atoms with Crippen LogP contribution in [0.2, 0.25) is 0 Å². The van der Waals surface area contributed by atoms with Gasteiger partial charge in [0.25, 0.3) is 0 Å². The number of carbonyl (C=O) groups is 2. The van der Waals surface area contributed by atoms with Crippen molar-refractivity contribution in [3.63, 3.8) is 0 Å². The molecule has 0 aromatic carbocycles. The fourth-order valence-corrected chi connectivity index (χ4v) is 8.59. The Morgan fingerprint density at radius 2 is 0.785 bits per heavy atom. The second-order valence-corrected chi connectivity index (χ2v) is 19.3. The lowest BCUT2D eigenvalue weighted by atomic mass is 10.0. The summed E-state index contributed by atoms with van der Waals surface area (Å²) < 4.78 is 5.95. The van der Waals surface area contributed by atoms with E-state index < -0.39 is 18.2 Å². The highest BCUT2D eigenvalue weighted by molar-refractivity contribution is 5.77. The number of nitrogens with one attached hydrogen (secondary N) is 1. The van der Waals surface area contributed by atoms with Crippen LogP contribution in [0.3, 0.4) is 0 Å². The summed E-state index contributed by atoms with van der Waals surface area (Å²) in [4.78, 5) is 26.2. The van der Waals surface area contributed by atoms with E-state index in [4.69, 9.17) is 4.74 Å². The standard InChI is InChI=1S/C59H109NO5/c1-4-7-10-13-16-19-22-25-27-28-29-30-32-34-37-40-43-46-49-52-59(64)65-55(50-47-44-41-38-35-33-31-26-23-20-17-14-11-8-5-2)53-58(63)60-56(54-61)57(62)51-48-45-42-39-36-24-21-18-15-12-9-6-3/h16,19,25,27,29-30,34,37,55-57,61-62H,4-15,17-18,20-24,26,28,31-33,35-36,38-54H2,1-3H3,(H,60,63)/b19-16-,27-25-,30-29-,37-34-. The summed E-state index contributed by atoms with van der Waals surface area (Å²) in [6.07, 6.45) is 64.6. The molecular formula is C59H109NO5. The van der Waals surface area contributed by atoms with Crippen LogP contribution in [-0.2, 0) is 14.3 Å².